The van der Waals surface area contributed by atoms with E-state index in [1.54, 1.807) is 6.08 Å². The SMILES string of the molecule is COC(=O)C1=CN(Cc2ccc[nH]2)CC=C1. The highest BCUT2D eigenvalue weighted by Crippen LogP contribution is 2.11. The van der Waals surface area contributed by atoms with Crippen molar-refractivity contribution in [2.24, 2.45) is 0 Å². The quantitative estimate of drug-likeness (QED) is 0.781. The lowest BCUT2D eigenvalue weighted by Crippen LogP contribution is -2.22. The Morgan fingerprint density at radius 3 is 3.19 bits per heavy atom. The van der Waals surface area contributed by atoms with Crippen molar-refractivity contribution in [2.45, 2.75) is 6.54 Å². The Hall–Kier alpha value is -1.97. The van der Waals surface area contributed by atoms with Gasteiger partial charge >= 0.3 is 5.97 Å². The van der Waals surface area contributed by atoms with Crippen LogP contribution in [0.1, 0.15) is 5.69 Å². The molecule has 0 radical (unpaired) electrons. The average molecular weight is 218 g/mol. The summed E-state index contributed by atoms with van der Waals surface area (Å²) in [4.78, 5) is 16.5. The molecule has 0 saturated carbocycles. The average Bonchev–Trinajstić information content (AvgIpc) is 2.81. The van der Waals surface area contributed by atoms with Crippen LogP contribution in [0.2, 0.25) is 0 Å². The lowest BCUT2D eigenvalue weighted by molar-refractivity contribution is -0.135. The van der Waals surface area contributed by atoms with Crippen LogP contribution in [0.15, 0.2) is 42.3 Å². The first-order valence-corrected chi connectivity index (χ1v) is 5.12. The summed E-state index contributed by atoms with van der Waals surface area (Å²) in [5.74, 6) is -0.299. The first kappa shape index (κ1) is 10.5. The van der Waals surface area contributed by atoms with Gasteiger partial charge in [0.05, 0.1) is 19.2 Å². The molecule has 0 fully saturated rings. The van der Waals surface area contributed by atoms with Crippen molar-refractivity contribution in [1.82, 2.24) is 9.88 Å². The topological polar surface area (TPSA) is 45.3 Å². The number of aromatic nitrogens is 1. The zero-order chi connectivity index (χ0) is 11.4. The predicted molar refractivity (Wildman–Crippen MR) is 60.4 cm³/mol. The number of carbonyl (C=O) groups is 1. The monoisotopic (exact) mass is 218 g/mol. The Labute approximate surface area is 94.2 Å². The molecule has 1 N–H and O–H groups in total. The van der Waals surface area contributed by atoms with Crippen LogP contribution in [0, 0.1) is 0 Å². The molecule has 1 aliphatic rings. The number of esters is 1. The van der Waals surface area contributed by atoms with Crippen molar-refractivity contribution in [3.8, 4) is 0 Å². The Morgan fingerprint density at radius 2 is 2.50 bits per heavy atom. The van der Waals surface area contributed by atoms with Gasteiger partial charge in [0, 0.05) is 24.6 Å². The number of carbonyl (C=O) groups excluding carboxylic acids is 1. The molecule has 0 saturated heterocycles. The Bertz CT molecular complexity index is 418. The highest BCUT2D eigenvalue weighted by Gasteiger charge is 2.12. The minimum Gasteiger partial charge on any atom is -0.465 e. The zero-order valence-corrected chi connectivity index (χ0v) is 9.14. The number of ether oxygens (including phenoxy) is 1. The summed E-state index contributed by atoms with van der Waals surface area (Å²) in [6.45, 7) is 1.57. The first-order chi connectivity index (χ1) is 7.79. The molecule has 1 aromatic heterocycles. The van der Waals surface area contributed by atoms with Gasteiger partial charge in [0.1, 0.15) is 0 Å². The molecule has 16 heavy (non-hydrogen) atoms. The van der Waals surface area contributed by atoms with Crippen LogP contribution in [0.5, 0.6) is 0 Å². The van der Waals surface area contributed by atoms with Gasteiger partial charge in [-0.3, -0.25) is 0 Å². The molecule has 2 heterocycles. The Morgan fingerprint density at radius 1 is 1.62 bits per heavy atom. The maximum absolute atomic E-state index is 11.3. The van der Waals surface area contributed by atoms with E-state index in [2.05, 4.69) is 14.6 Å². The summed E-state index contributed by atoms with van der Waals surface area (Å²) in [7, 11) is 1.39. The highest BCUT2D eigenvalue weighted by molar-refractivity contribution is 5.91. The summed E-state index contributed by atoms with van der Waals surface area (Å²) in [5, 5.41) is 0. The van der Waals surface area contributed by atoms with Crippen LogP contribution in [0.25, 0.3) is 0 Å². The Kier molecular flexibility index (Phi) is 3.10. The van der Waals surface area contributed by atoms with Gasteiger partial charge in [-0.05, 0) is 18.2 Å². The molecule has 1 aliphatic heterocycles. The van der Waals surface area contributed by atoms with Gasteiger partial charge in [0.2, 0.25) is 0 Å². The van der Waals surface area contributed by atoms with Gasteiger partial charge in [-0.2, -0.15) is 0 Å². The molecule has 0 atom stereocenters. The predicted octanol–water partition coefficient (Wildman–Crippen LogP) is 1.44. The summed E-state index contributed by atoms with van der Waals surface area (Å²) < 4.78 is 4.68. The Balaban J connectivity index is 2.05. The highest BCUT2D eigenvalue weighted by atomic mass is 16.5. The lowest BCUT2D eigenvalue weighted by Gasteiger charge is -2.21. The van der Waals surface area contributed by atoms with E-state index in [1.807, 2.05) is 30.6 Å². The summed E-state index contributed by atoms with van der Waals surface area (Å²) in [6.07, 6.45) is 7.46. The molecule has 0 bridgehead atoms. The third kappa shape index (κ3) is 2.34. The molecular formula is C12H14N2O2. The maximum Gasteiger partial charge on any atom is 0.339 e. The van der Waals surface area contributed by atoms with Crippen LogP contribution in [-0.2, 0) is 16.1 Å². The van der Waals surface area contributed by atoms with E-state index in [1.165, 1.54) is 7.11 Å². The summed E-state index contributed by atoms with van der Waals surface area (Å²) in [5.41, 5.74) is 1.70. The minimum atomic E-state index is -0.299. The zero-order valence-electron chi connectivity index (χ0n) is 9.14. The second-order valence-corrected chi connectivity index (χ2v) is 3.60. The van der Waals surface area contributed by atoms with E-state index < -0.39 is 0 Å². The van der Waals surface area contributed by atoms with E-state index in [9.17, 15) is 4.79 Å². The molecule has 0 amide bonds. The van der Waals surface area contributed by atoms with Gasteiger partial charge in [-0.25, -0.2) is 4.79 Å². The lowest BCUT2D eigenvalue weighted by atomic mass is 10.2. The van der Waals surface area contributed by atoms with E-state index in [4.69, 9.17) is 0 Å². The second kappa shape index (κ2) is 4.70. The van der Waals surface area contributed by atoms with Crippen LogP contribution in [0.3, 0.4) is 0 Å². The van der Waals surface area contributed by atoms with Crippen LogP contribution < -0.4 is 0 Å². The first-order valence-electron chi connectivity index (χ1n) is 5.12. The van der Waals surface area contributed by atoms with Gasteiger partial charge in [0.25, 0.3) is 0 Å². The van der Waals surface area contributed by atoms with Crippen molar-refractivity contribution >= 4 is 5.97 Å². The number of hydrogen-bond donors (Lipinski definition) is 1. The van der Waals surface area contributed by atoms with Crippen molar-refractivity contribution in [3.63, 3.8) is 0 Å². The fourth-order valence-corrected chi connectivity index (χ4v) is 1.64. The van der Waals surface area contributed by atoms with Gasteiger partial charge in [0.15, 0.2) is 0 Å². The molecule has 4 nitrogen and oxygen atoms in total. The fourth-order valence-electron chi connectivity index (χ4n) is 1.64. The van der Waals surface area contributed by atoms with E-state index >= 15 is 0 Å². The van der Waals surface area contributed by atoms with Crippen LogP contribution in [0.4, 0.5) is 0 Å². The van der Waals surface area contributed by atoms with Gasteiger partial charge in [-0.15, -0.1) is 0 Å². The fraction of sp³-hybridized carbons (Fsp3) is 0.250. The van der Waals surface area contributed by atoms with Crippen molar-refractivity contribution in [3.05, 3.63) is 47.9 Å². The summed E-state index contributed by atoms with van der Waals surface area (Å²) >= 11 is 0. The number of H-pyrrole nitrogens is 1. The number of nitrogens with zero attached hydrogens (tertiary/aromatic N) is 1. The molecule has 0 spiro atoms. The number of methoxy groups -OCH3 is 1. The van der Waals surface area contributed by atoms with Crippen LogP contribution >= 0.6 is 0 Å². The number of aromatic amines is 1. The van der Waals surface area contributed by atoms with E-state index in [0.29, 0.717) is 5.57 Å². The molecule has 2 rings (SSSR count). The number of hydrogen-bond acceptors (Lipinski definition) is 3. The third-order valence-electron chi connectivity index (χ3n) is 2.42. The molecular weight excluding hydrogens is 204 g/mol. The van der Waals surface area contributed by atoms with Crippen LogP contribution in [-0.4, -0.2) is 29.5 Å². The maximum atomic E-state index is 11.3. The third-order valence-corrected chi connectivity index (χ3v) is 2.42. The summed E-state index contributed by atoms with van der Waals surface area (Å²) in [6, 6.07) is 3.98. The minimum absolute atomic E-state index is 0.299. The van der Waals surface area contributed by atoms with Gasteiger partial charge in [-0.1, -0.05) is 6.08 Å². The van der Waals surface area contributed by atoms with Crippen molar-refractivity contribution < 1.29 is 9.53 Å². The molecule has 0 aliphatic carbocycles. The van der Waals surface area contributed by atoms with Crippen molar-refractivity contribution in [2.75, 3.05) is 13.7 Å². The number of nitrogens with one attached hydrogen (secondary N) is 1. The van der Waals surface area contributed by atoms with E-state index in [-0.39, 0.29) is 5.97 Å². The molecule has 4 heteroatoms. The second-order valence-electron chi connectivity index (χ2n) is 3.60. The molecule has 0 unspecified atom stereocenters. The standard InChI is InChI=1S/C12H14N2O2/c1-16-12(15)10-4-3-7-14(8-10)9-11-5-2-6-13-11/h2-6,8,13H,7,9H2,1H3. The van der Waals surface area contributed by atoms with Crippen molar-refractivity contribution in [1.29, 1.82) is 0 Å². The smallest absolute Gasteiger partial charge is 0.339 e. The number of rotatable bonds is 3. The molecule has 0 aromatic carbocycles. The normalized spacial score (nSPS) is 14.8. The largest absolute Gasteiger partial charge is 0.465 e. The molecule has 84 valence electrons. The van der Waals surface area contributed by atoms with Gasteiger partial charge < -0.3 is 14.6 Å². The van der Waals surface area contributed by atoms with E-state index in [0.717, 1.165) is 18.8 Å². The molecule has 1 aromatic rings.